The lowest BCUT2D eigenvalue weighted by Gasteiger charge is -2.12. The lowest BCUT2D eigenvalue weighted by Crippen LogP contribution is -2.07. The van der Waals surface area contributed by atoms with Crippen LogP contribution >= 0.6 is 0 Å². The summed E-state index contributed by atoms with van der Waals surface area (Å²) in [5, 5.41) is 0. The Kier molecular flexibility index (Phi) is 4.21. The van der Waals surface area contributed by atoms with E-state index >= 15 is 0 Å². The van der Waals surface area contributed by atoms with Gasteiger partial charge in [-0.3, -0.25) is 0 Å². The molecule has 4 heteroatoms. The van der Waals surface area contributed by atoms with E-state index in [-0.39, 0.29) is 0 Å². The van der Waals surface area contributed by atoms with Gasteiger partial charge >= 0.3 is 6.18 Å². The van der Waals surface area contributed by atoms with E-state index in [9.17, 15) is 13.2 Å². The largest absolute Gasteiger partial charge is 0.494 e. The zero-order chi connectivity index (χ0) is 12.2. The number of alkyl halides is 3. The molecule has 0 saturated carbocycles. The normalized spacial score (nSPS) is 11.6. The fourth-order valence-corrected chi connectivity index (χ4v) is 1.33. The highest BCUT2D eigenvalue weighted by atomic mass is 19.4. The van der Waals surface area contributed by atoms with Gasteiger partial charge in [0.2, 0.25) is 0 Å². The lowest BCUT2D eigenvalue weighted by molar-refractivity contribution is -0.137. The van der Waals surface area contributed by atoms with Crippen LogP contribution in [0.5, 0.6) is 5.75 Å². The minimum atomic E-state index is -4.31. The van der Waals surface area contributed by atoms with Gasteiger partial charge in [0.25, 0.3) is 0 Å². The molecule has 0 unspecified atom stereocenters. The summed E-state index contributed by atoms with van der Waals surface area (Å²) in [4.78, 5) is 0. The van der Waals surface area contributed by atoms with Gasteiger partial charge in [-0.1, -0.05) is 13.8 Å². The fraction of sp³-hybridized carbons (Fsp3) is 0.500. The lowest BCUT2D eigenvalue weighted by atomic mass is 10.1. The van der Waals surface area contributed by atoms with Crippen molar-refractivity contribution in [2.45, 2.75) is 32.9 Å². The van der Waals surface area contributed by atoms with Crippen molar-refractivity contribution >= 4 is 0 Å². The van der Waals surface area contributed by atoms with Crippen LogP contribution in [0.25, 0.3) is 0 Å². The van der Waals surface area contributed by atoms with Gasteiger partial charge in [-0.15, -0.1) is 0 Å². The molecular weight excluding hydrogens is 217 g/mol. The van der Waals surface area contributed by atoms with E-state index in [1.165, 1.54) is 6.07 Å². The van der Waals surface area contributed by atoms with Crippen molar-refractivity contribution < 1.29 is 17.9 Å². The minimum absolute atomic E-state index is 0.300. The van der Waals surface area contributed by atoms with Crippen molar-refractivity contribution in [2.24, 2.45) is 0 Å². The van der Waals surface area contributed by atoms with Gasteiger partial charge in [-0.2, -0.15) is 13.2 Å². The van der Waals surface area contributed by atoms with Crippen molar-refractivity contribution in [1.29, 1.82) is 0 Å². The molecule has 0 saturated heterocycles. The summed E-state index contributed by atoms with van der Waals surface area (Å²) in [6, 6.07) is 3.87. The molecule has 1 rings (SSSR count). The molecule has 0 radical (unpaired) electrons. The first kappa shape index (κ1) is 12.9. The van der Waals surface area contributed by atoms with Crippen LogP contribution in [-0.2, 0) is 12.6 Å². The Morgan fingerprint density at radius 2 is 1.81 bits per heavy atom. The minimum Gasteiger partial charge on any atom is -0.494 e. The van der Waals surface area contributed by atoms with Gasteiger partial charge < -0.3 is 4.74 Å². The molecule has 0 spiro atoms. The number of halogens is 3. The van der Waals surface area contributed by atoms with Crippen molar-refractivity contribution in [3.63, 3.8) is 0 Å². The highest BCUT2D eigenvalue weighted by molar-refractivity contribution is 5.36. The highest BCUT2D eigenvalue weighted by Gasteiger charge is 2.31. The maximum absolute atomic E-state index is 12.6. The summed E-state index contributed by atoms with van der Waals surface area (Å²) < 4.78 is 42.9. The Hall–Kier alpha value is -1.19. The third kappa shape index (κ3) is 3.43. The van der Waals surface area contributed by atoms with E-state index in [0.29, 0.717) is 24.3 Å². The Morgan fingerprint density at radius 1 is 1.12 bits per heavy atom. The van der Waals surface area contributed by atoms with Crippen LogP contribution in [0, 0.1) is 0 Å². The average molecular weight is 232 g/mol. The summed E-state index contributed by atoms with van der Waals surface area (Å²) >= 11 is 0. The van der Waals surface area contributed by atoms with E-state index < -0.39 is 11.7 Å². The first-order valence-corrected chi connectivity index (χ1v) is 5.31. The number of hydrogen-bond acceptors (Lipinski definition) is 1. The van der Waals surface area contributed by atoms with Crippen molar-refractivity contribution in [3.8, 4) is 5.75 Å². The molecule has 0 aliphatic carbocycles. The average Bonchev–Trinajstić information content (AvgIpc) is 2.24. The Labute approximate surface area is 93.2 Å². The monoisotopic (exact) mass is 232 g/mol. The zero-order valence-electron chi connectivity index (χ0n) is 9.40. The van der Waals surface area contributed by atoms with Gasteiger partial charge in [0, 0.05) is 0 Å². The number of aryl methyl sites for hydroxylation is 1. The Bertz CT molecular complexity index is 345. The summed E-state index contributed by atoms with van der Waals surface area (Å²) in [6.45, 7) is 4.16. The number of ether oxygens (including phenoxy) is 1. The third-order valence-electron chi connectivity index (χ3n) is 2.17. The molecule has 0 atom stereocenters. The molecule has 90 valence electrons. The van der Waals surface area contributed by atoms with Crippen LogP contribution in [0.15, 0.2) is 18.2 Å². The fourth-order valence-electron chi connectivity index (χ4n) is 1.33. The van der Waals surface area contributed by atoms with E-state index in [2.05, 4.69) is 0 Å². The van der Waals surface area contributed by atoms with Crippen LogP contribution < -0.4 is 4.74 Å². The number of hydrogen-bond donors (Lipinski definition) is 0. The molecule has 0 fully saturated rings. The van der Waals surface area contributed by atoms with Crippen LogP contribution in [0.1, 0.15) is 31.4 Å². The molecule has 0 aliphatic rings. The maximum Gasteiger partial charge on any atom is 0.416 e. The van der Waals surface area contributed by atoms with E-state index in [0.717, 1.165) is 12.5 Å². The first-order valence-electron chi connectivity index (χ1n) is 5.31. The maximum atomic E-state index is 12.6. The molecule has 0 bridgehead atoms. The first-order chi connectivity index (χ1) is 7.47. The van der Waals surface area contributed by atoms with Gasteiger partial charge in [-0.25, -0.2) is 0 Å². The Balaban J connectivity index is 3.01. The van der Waals surface area contributed by atoms with Crippen molar-refractivity contribution in [1.82, 2.24) is 0 Å². The summed E-state index contributed by atoms with van der Waals surface area (Å²) in [5.74, 6) is 0.300. The molecule has 0 amide bonds. The molecule has 0 N–H and O–H groups in total. The second-order valence-electron chi connectivity index (χ2n) is 3.57. The zero-order valence-corrected chi connectivity index (χ0v) is 9.40. The van der Waals surface area contributed by atoms with Crippen LogP contribution in [-0.4, -0.2) is 6.61 Å². The topological polar surface area (TPSA) is 9.23 Å². The molecule has 0 aliphatic heterocycles. The smallest absolute Gasteiger partial charge is 0.416 e. The predicted molar refractivity (Wildman–Crippen MR) is 56.6 cm³/mol. The van der Waals surface area contributed by atoms with Crippen LogP contribution in [0.4, 0.5) is 13.2 Å². The quantitative estimate of drug-likeness (QED) is 0.760. The Morgan fingerprint density at radius 3 is 2.31 bits per heavy atom. The third-order valence-corrected chi connectivity index (χ3v) is 2.17. The standard InChI is InChI=1S/C12H15F3O/c1-3-5-16-11-7-9(4-2)6-10(8-11)12(13,14)15/h6-8H,3-5H2,1-2H3. The second kappa shape index (κ2) is 5.23. The highest BCUT2D eigenvalue weighted by Crippen LogP contribution is 2.32. The van der Waals surface area contributed by atoms with Crippen LogP contribution in [0.2, 0.25) is 0 Å². The molecule has 1 aromatic rings. The molecule has 16 heavy (non-hydrogen) atoms. The molecule has 1 aromatic carbocycles. The van der Waals surface area contributed by atoms with E-state index in [4.69, 9.17) is 4.74 Å². The number of benzene rings is 1. The molecule has 1 nitrogen and oxygen atoms in total. The van der Waals surface area contributed by atoms with E-state index in [1.807, 2.05) is 13.8 Å². The van der Waals surface area contributed by atoms with E-state index in [1.54, 1.807) is 6.07 Å². The molecule has 0 heterocycles. The van der Waals surface area contributed by atoms with Crippen LogP contribution in [0.3, 0.4) is 0 Å². The SMILES string of the molecule is CCCOc1cc(CC)cc(C(F)(F)F)c1. The molecular formula is C12H15F3O. The summed E-state index contributed by atoms with van der Waals surface area (Å²) in [6.07, 6.45) is -2.97. The predicted octanol–water partition coefficient (Wildman–Crippen LogP) is 4.06. The van der Waals surface area contributed by atoms with Gasteiger partial charge in [0.15, 0.2) is 0 Å². The summed E-state index contributed by atoms with van der Waals surface area (Å²) in [5.41, 5.74) is -0.00104. The molecule has 0 aromatic heterocycles. The van der Waals surface area contributed by atoms with Gasteiger partial charge in [0.1, 0.15) is 5.75 Å². The summed E-state index contributed by atoms with van der Waals surface area (Å²) in [7, 11) is 0. The van der Waals surface area contributed by atoms with Crippen molar-refractivity contribution in [3.05, 3.63) is 29.3 Å². The number of rotatable bonds is 4. The second-order valence-corrected chi connectivity index (χ2v) is 3.57. The van der Waals surface area contributed by atoms with Gasteiger partial charge in [-0.05, 0) is 36.6 Å². The van der Waals surface area contributed by atoms with Gasteiger partial charge in [0.05, 0.1) is 12.2 Å². The van der Waals surface area contributed by atoms with Crippen molar-refractivity contribution in [2.75, 3.05) is 6.61 Å².